The highest BCUT2D eigenvalue weighted by Crippen LogP contribution is 2.42. The second-order valence-corrected chi connectivity index (χ2v) is 6.85. The summed E-state index contributed by atoms with van der Waals surface area (Å²) in [6, 6.07) is 24.4. The molecule has 5 nitrogen and oxygen atoms in total. The zero-order valence-electron chi connectivity index (χ0n) is 15.2. The normalized spacial score (nSPS) is 18.9. The molecule has 1 heterocycles. The molecule has 140 valence electrons. The molecule has 1 aliphatic rings. The van der Waals surface area contributed by atoms with E-state index in [1.807, 2.05) is 78.9 Å². The van der Waals surface area contributed by atoms with Crippen molar-refractivity contribution in [3.63, 3.8) is 0 Å². The molecule has 28 heavy (non-hydrogen) atoms. The third-order valence-corrected chi connectivity index (χ3v) is 5.06. The summed E-state index contributed by atoms with van der Waals surface area (Å²) in [6.07, 6.45) is 0. The van der Waals surface area contributed by atoms with Crippen LogP contribution in [0.1, 0.15) is 11.6 Å². The third kappa shape index (κ3) is 3.49. The molecule has 0 aliphatic carbocycles. The van der Waals surface area contributed by atoms with Crippen molar-refractivity contribution in [3.05, 3.63) is 84.4 Å². The van der Waals surface area contributed by atoms with Crippen LogP contribution in [0.2, 0.25) is 0 Å². The Morgan fingerprint density at radius 2 is 1.61 bits per heavy atom. The number of carbonyl (C=O) groups is 1. The van der Waals surface area contributed by atoms with Crippen LogP contribution in [0.5, 0.6) is 5.75 Å². The van der Waals surface area contributed by atoms with Gasteiger partial charge in [0.15, 0.2) is 0 Å². The van der Waals surface area contributed by atoms with Crippen LogP contribution in [-0.4, -0.2) is 18.4 Å². The number of methoxy groups -OCH3 is 1. The minimum atomic E-state index is -0.546. The van der Waals surface area contributed by atoms with Crippen molar-refractivity contribution in [2.45, 2.75) is 11.4 Å². The molecular weight excluding hydrogens is 374 g/mol. The van der Waals surface area contributed by atoms with Crippen LogP contribution in [0, 0.1) is 0 Å². The first-order chi connectivity index (χ1) is 13.7. The average Bonchev–Trinajstić information content (AvgIpc) is 2.76. The quantitative estimate of drug-likeness (QED) is 0.313. The number of halogens is 1. The summed E-state index contributed by atoms with van der Waals surface area (Å²) in [5.74, 6) is 0.631. The number of ether oxygens (including phenoxy) is 1. The van der Waals surface area contributed by atoms with Crippen molar-refractivity contribution < 1.29 is 9.53 Å². The number of anilines is 1. The molecule has 0 aromatic heterocycles. The maximum atomic E-state index is 12.3. The Morgan fingerprint density at radius 3 is 2.32 bits per heavy atom. The van der Waals surface area contributed by atoms with E-state index in [1.165, 1.54) is 0 Å². The SMILES string of the molecule is COc1cccc(N=Nc2ccc(N3C(=O)C(Cl)C3c3ccccc3)cc2)c1. The third-order valence-electron chi connectivity index (χ3n) is 4.63. The summed E-state index contributed by atoms with van der Waals surface area (Å²) in [5, 5.41) is 7.93. The first-order valence-electron chi connectivity index (χ1n) is 8.85. The molecule has 2 unspecified atom stereocenters. The van der Waals surface area contributed by atoms with E-state index >= 15 is 0 Å². The Balaban J connectivity index is 1.52. The van der Waals surface area contributed by atoms with Gasteiger partial charge in [-0.1, -0.05) is 36.4 Å². The topological polar surface area (TPSA) is 54.3 Å². The number of benzene rings is 3. The fraction of sp³-hybridized carbons (Fsp3) is 0.136. The summed E-state index contributed by atoms with van der Waals surface area (Å²) in [5.41, 5.74) is 3.20. The van der Waals surface area contributed by atoms with Gasteiger partial charge in [0.2, 0.25) is 5.91 Å². The molecule has 4 rings (SSSR count). The number of rotatable bonds is 5. The molecule has 0 spiro atoms. The fourth-order valence-electron chi connectivity index (χ4n) is 3.18. The van der Waals surface area contributed by atoms with Gasteiger partial charge in [-0.3, -0.25) is 4.79 Å². The standard InChI is InChI=1S/C22H18ClN3O2/c1-28-19-9-5-8-17(14-19)25-24-16-10-12-18(13-11-16)26-21(20(23)22(26)27)15-6-3-2-4-7-15/h2-14,20-21H,1H3. The zero-order valence-corrected chi connectivity index (χ0v) is 16.0. The Kier molecular flexibility index (Phi) is 5.08. The molecule has 1 saturated heterocycles. The summed E-state index contributed by atoms with van der Waals surface area (Å²) in [7, 11) is 1.61. The molecule has 1 amide bonds. The van der Waals surface area contributed by atoms with Crippen molar-refractivity contribution in [2.24, 2.45) is 10.2 Å². The molecule has 1 fully saturated rings. The van der Waals surface area contributed by atoms with Crippen molar-refractivity contribution in [1.82, 2.24) is 0 Å². The van der Waals surface area contributed by atoms with E-state index in [-0.39, 0.29) is 11.9 Å². The van der Waals surface area contributed by atoms with Gasteiger partial charge in [-0.15, -0.1) is 11.6 Å². The number of hydrogen-bond acceptors (Lipinski definition) is 4. The predicted molar refractivity (Wildman–Crippen MR) is 110 cm³/mol. The van der Waals surface area contributed by atoms with Gasteiger partial charge >= 0.3 is 0 Å². The summed E-state index contributed by atoms with van der Waals surface area (Å²) < 4.78 is 5.18. The van der Waals surface area contributed by atoms with Crippen molar-refractivity contribution >= 4 is 34.6 Å². The maximum absolute atomic E-state index is 12.3. The fourth-order valence-corrected chi connectivity index (χ4v) is 3.54. The molecule has 0 saturated carbocycles. The average molecular weight is 392 g/mol. The Bertz CT molecular complexity index is 1010. The Morgan fingerprint density at radius 1 is 0.893 bits per heavy atom. The van der Waals surface area contributed by atoms with E-state index in [9.17, 15) is 4.79 Å². The maximum Gasteiger partial charge on any atom is 0.248 e. The molecular formula is C22H18ClN3O2. The van der Waals surface area contributed by atoms with Crippen LogP contribution in [0.25, 0.3) is 0 Å². The van der Waals surface area contributed by atoms with Crippen LogP contribution in [-0.2, 0) is 4.79 Å². The van der Waals surface area contributed by atoms with E-state index in [1.54, 1.807) is 12.0 Å². The van der Waals surface area contributed by atoms with Gasteiger partial charge in [0.05, 0.1) is 24.5 Å². The Labute approximate surface area is 168 Å². The summed E-state index contributed by atoms with van der Waals surface area (Å²) >= 11 is 6.28. The molecule has 1 aliphatic heterocycles. The molecule has 0 N–H and O–H groups in total. The lowest BCUT2D eigenvalue weighted by molar-refractivity contribution is -0.123. The molecule has 2 atom stereocenters. The van der Waals surface area contributed by atoms with Gasteiger partial charge in [-0.05, 0) is 42.0 Å². The first kappa shape index (κ1) is 18.2. The molecule has 0 radical (unpaired) electrons. The van der Waals surface area contributed by atoms with Crippen molar-refractivity contribution in [3.8, 4) is 5.75 Å². The number of azo groups is 1. The molecule has 3 aromatic carbocycles. The second-order valence-electron chi connectivity index (χ2n) is 6.38. The highest BCUT2D eigenvalue weighted by atomic mass is 35.5. The van der Waals surface area contributed by atoms with Gasteiger partial charge in [-0.25, -0.2) is 0 Å². The highest BCUT2D eigenvalue weighted by Gasteiger charge is 2.47. The monoisotopic (exact) mass is 391 g/mol. The van der Waals surface area contributed by atoms with Crippen molar-refractivity contribution in [2.75, 3.05) is 12.0 Å². The van der Waals surface area contributed by atoms with E-state index < -0.39 is 5.38 Å². The van der Waals surface area contributed by atoms with E-state index in [4.69, 9.17) is 16.3 Å². The zero-order chi connectivity index (χ0) is 19.5. The highest BCUT2D eigenvalue weighted by molar-refractivity contribution is 6.37. The Hall–Kier alpha value is -3.18. The summed E-state index contributed by atoms with van der Waals surface area (Å²) in [6.45, 7) is 0. The van der Waals surface area contributed by atoms with Crippen LogP contribution in [0.4, 0.5) is 17.1 Å². The van der Waals surface area contributed by atoms with Gasteiger partial charge in [0.25, 0.3) is 0 Å². The van der Waals surface area contributed by atoms with E-state index in [0.717, 1.165) is 17.0 Å². The second kappa shape index (κ2) is 7.82. The number of amides is 1. The minimum absolute atomic E-state index is 0.0960. The van der Waals surface area contributed by atoms with E-state index in [2.05, 4.69) is 10.2 Å². The van der Waals surface area contributed by atoms with Crippen LogP contribution in [0.3, 0.4) is 0 Å². The molecule has 3 aromatic rings. The van der Waals surface area contributed by atoms with Crippen LogP contribution >= 0.6 is 11.6 Å². The lowest BCUT2D eigenvalue weighted by Gasteiger charge is -2.44. The molecule has 6 heteroatoms. The largest absolute Gasteiger partial charge is 0.497 e. The molecule has 0 bridgehead atoms. The number of alkyl halides is 1. The van der Waals surface area contributed by atoms with Gasteiger partial charge in [-0.2, -0.15) is 10.2 Å². The van der Waals surface area contributed by atoms with Gasteiger partial charge < -0.3 is 9.64 Å². The first-order valence-corrected chi connectivity index (χ1v) is 9.29. The number of β-lactam (4-membered cyclic amide) rings is 1. The van der Waals surface area contributed by atoms with Gasteiger partial charge in [0, 0.05) is 11.8 Å². The predicted octanol–water partition coefficient (Wildman–Crippen LogP) is 5.81. The lowest BCUT2D eigenvalue weighted by atomic mass is 9.92. The van der Waals surface area contributed by atoms with Crippen LogP contribution in [0.15, 0.2) is 89.1 Å². The number of hydrogen-bond donors (Lipinski definition) is 0. The number of carbonyl (C=O) groups excluding carboxylic acids is 1. The van der Waals surface area contributed by atoms with Crippen LogP contribution < -0.4 is 9.64 Å². The summed E-state index contributed by atoms with van der Waals surface area (Å²) in [4.78, 5) is 14.1. The van der Waals surface area contributed by atoms with E-state index in [0.29, 0.717) is 11.4 Å². The number of nitrogens with zero attached hydrogens (tertiary/aromatic N) is 3. The lowest BCUT2D eigenvalue weighted by Crippen LogP contribution is -2.56. The smallest absolute Gasteiger partial charge is 0.248 e. The minimum Gasteiger partial charge on any atom is -0.497 e. The van der Waals surface area contributed by atoms with Crippen molar-refractivity contribution in [1.29, 1.82) is 0 Å². The van der Waals surface area contributed by atoms with Gasteiger partial charge in [0.1, 0.15) is 11.1 Å².